The van der Waals surface area contributed by atoms with Crippen molar-refractivity contribution in [3.8, 4) is 0 Å². The highest BCUT2D eigenvalue weighted by Crippen LogP contribution is 2.40. The standard InChI is InChI=1S/C21H26N2O3S.CH2O2/c1-5-14-21(2,3)20(24)22-19-15-10-6-8-12-17(15)23(4)27(25,26)18-13-9-7-11-16(18)19;2-1-3/h6-13,19H,5,14H2,1-4H3,(H,22,24);1H,(H,2,3). The number of amides is 1. The van der Waals surface area contributed by atoms with Gasteiger partial charge in [-0.05, 0) is 24.1 Å². The molecule has 8 heteroatoms. The predicted molar refractivity (Wildman–Crippen MR) is 116 cm³/mol. The van der Waals surface area contributed by atoms with Crippen molar-refractivity contribution in [2.45, 2.75) is 44.6 Å². The maximum atomic E-state index is 13.1. The zero-order valence-corrected chi connectivity index (χ0v) is 18.4. The van der Waals surface area contributed by atoms with Crippen LogP contribution in [0.3, 0.4) is 0 Å². The van der Waals surface area contributed by atoms with Crippen molar-refractivity contribution < 1.29 is 23.1 Å². The van der Waals surface area contributed by atoms with Gasteiger partial charge < -0.3 is 10.4 Å². The summed E-state index contributed by atoms with van der Waals surface area (Å²) in [5.41, 5.74) is 1.41. The molecule has 0 saturated carbocycles. The number of hydrogen-bond acceptors (Lipinski definition) is 4. The molecular weight excluding hydrogens is 404 g/mol. The Morgan fingerprint density at radius 2 is 1.67 bits per heavy atom. The number of para-hydroxylation sites is 1. The minimum Gasteiger partial charge on any atom is -0.483 e. The lowest BCUT2D eigenvalue weighted by molar-refractivity contribution is -0.130. The number of hydrogen-bond donors (Lipinski definition) is 2. The Hall–Kier alpha value is -2.87. The molecule has 0 spiro atoms. The van der Waals surface area contributed by atoms with Crippen molar-refractivity contribution >= 4 is 28.1 Å². The summed E-state index contributed by atoms with van der Waals surface area (Å²) in [5, 5.41) is 10.0. The highest BCUT2D eigenvalue weighted by Gasteiger charge is 2.37. The van der Waals surface area contributed by atoms with E-state index in [-0.39, 0.29) is 17.3 Å². The molecule has 0 aliphatic carbocycles. The molecule has 162 valence electrons. The second-order valence-electron chi connectivity index (χ2n) is 7.71. The largest absolute Gasteiger partial charge is 0.483 e. The summed E-state index contributed by atoms with van der Waals surface area (Å²) in [6, 6.07) is 13.7. The first kappa shape index (κ1) is 23.4. The third-order valence-corrected chi connectivity index (χ3v) is 7.07. The van der Waals surface area contributed by atoms with Crippen LogP contribution in [-0.2, 0) is 19.6 Å². The van der Waals surface area contributed by atoms with E-state index in [4.69, 9.17) is 9.90 Å². The number of carboxylic acid groups (broad SMARTS) is 1. The van der Waals surface area contributed by atoms with Gasteiger partial charge in [-0.2, -0.15) is 0 Å². The number of sulfonamides is 1. The summed E-state index contributed by atoms with van der Waals surface area (Å²) in [7, 11) is -2.15. The molecule has 0 bridgehead atoms. The molecule has 1 aliphatic rings. The first-order chi connectivity index (χ1) is 14.1. The zero-order valence-electron chi connectivity index (χ0n) is 17.6. The number of anilines is 1. The Morgan fingerprint density at radius 1 is 1.13 bits per heavy atom. The molecule has 1 aliphatic heterocycles. The molecule has 1 heterocycles. The van der Waals surface area contributed by atoms with Crippen LogP contribution < -0.4 is 9.62 Å². The summed E-state index contributed by atoms with van der Waals surface area (Å²) < 4.78 is 27.6. The van der Waals surface area contributed by atoms with E-state index in [0.717, 1.165) is 18.4 Å². The molecule has 1 unspecified atom stereocenters. The number of carbonyl (C=O) groups excluding carboxylic acids is 1. The Labute approximate surface area is 177 Å². The average Bonchev–Trinajstić information content (AvgIpc) is 2.77. The fraction of sp³-hybridized carbons (Fsp3) is 0.364. The van der Waals surface area contributed by atoms with E-state index in [0.29, 0.717) is 11.3 Å². The highest BCUT2D eigenvalue weighted by molar-refractivity contribution is 7.92. The van der Waals surface area contributed by atoms with E-state index in [1.165, 1.54) is 4.31 Å². The van der Waals surface area contributed by atoms with Gasteiger partial charge in [-0.3, -0.25) is 13.9 Å². The van der Waals surface area contributed by atoms with Crippen LogP contribution in [0.25, 0.3) is 0 Å². The molecule has 0 aromatic heterocycles. The lowest BCUT2D eigenvalue weighted by atomic mass is 9.86. The Bertz CT molecular complexity index is 1020. The van der Waals surface area contributed by atoms with Gasteiger partial charge in [-0.25, -0.2) is 8.42 Å². The van der Waals surface area contributed by atoms with E-state index in [2.05, 4.69) is 5.32 Å². The average molecular weight is 433 g/mol. The molecule has 0 saturated heterocycles. The molecule has 2 aromatic carbocycles. The van der Waals surface area contributed by atoms with Gasteiger partial charge in [0.25, 0.3) is 16.5 Å². The lowest BCUT2D eigenvalue weighted by Crippen LogP contribution is -2.39. The van der Waals surface area contributed by atoms with Gasteiger partial charge in [0.15, 0.2) is 0 Å². The Kier molecular flexibility index (Phi) is 7.25. The van der Waals surface area contributed by atoms with Crippen LogP contribution in [0, 0.1) is 5.41 Å². The maximum Gasteiger partial charge on any atom is 0.290 e. The van der Waals surface area contributed by atoms with Gasteiger partial charge in [0.05, 0.1) is 16.6 Å². The predicted octanol–water partition coefficient (Wildman–Crippen LogP) is 3.56. The third kappa shape index (κ3) is 4.48. The van der Waals surface area contributed by atoms with Crippen LogP contribution in [-0.4, -0.2) is 33.0 Å². The summed E-state index contributed by atoms with van der Waals surface area (Å²) in [5.74, 6) is -0.0825. The molecule has 3 rings (SSSR count). The van der Waals surface area contributed by atoms with Gasteiger partial charge in [0.2, 0.25) is 5.91 Å². The zero-order chi connectivity index (χ0) is 22.5. The van der Waals surface area contributed by atoms with E-state index in [1.807, 2.05) is 32.9 Å². The summed E-state index contributed by atoms with van der Waals surface area (Å²) in [6.45, 7) is 5.64. The molecule has 30 heavy (non-hydrogen) atoms. The summed E-state index contributed by atoms with van der Waals surface area (Å²) in [6.07, 6.45) is 1.66. The van der Waals surface area contributed by atoms with E-state index >= 15 is 0 Å². The number of nitrogens with one attached hydrogen (secondary N) is 1. The maximum absolute atomic E-state index is 13.1. The Morgan fingerprint density at radius 3 is 2.27 bits per heavy atom. The molecular formula is C22H28N2O5S. The van der Waals surface area contributed by atoms with Crippen LogP contribution >= 0.6 is 0 Å². The first-order valence-corrected chi connectivity index (χ1v) is 11.1. The third-order valence-electron chi connectivity index (χ3n) is 5.22. The van der Waals surface area contributed by atoms with Gasteiger partial charge in [-0.1, -0.05) is 63.6 Å². The van der Waals surface area contributed by atoms with E-state index in [9.17, 15) is 13.2 Å². The van der Waals surface area contributed by atoms with Crippen molar-refractivity contribution in [2.75, 3.05) is 11.4 Å². The number of benzene rings is 2. The van der Waals surface area contributed by atoms with Gasteiger partial charge >= 0.3 is 0 Å². The van der Waals surface area contributed by atoms with Crippen molar-refractivity contribution in [3.63, 3.8) is 0 Å². The molecule has 2 aromatic rings. The SMILES string of the molecule is CCCC(C)(C)C(=O)NC1c2ccccc2N(C)S(=O)(=O)c2ccccc21.O=CO. The second kappa shape index (κ2) is 9.30. The lowest BCUT2D eigenvalue weighted by Gasteiger charge is -2.28. The van der Waals surface area contributed by atoms with Gasteiger partial charge in [0, 0.05) is 18.0 Å². The smallest absolute Gasteiger partial charge is 0.290 e. The van der Waals surface area contributed by atoms with Crippen molar-refractivity contribution in [1.29, 1.82) is 0 Å². The van der Waals surface area contributed by atoms with Crippen molar-refractivity contribution in [1.82, 2.24) is 5.32 Å². The summed E-state index contributed by atoms with van der Waals surface area (Å²) in [4.78, 5) is 21.6. The minimum atomic E-state index is -3.70. The fourth-order valence-corrected chi connectivity index (χ4v) is 5.09. The second-order valence-corrected chi connectivity index (χ2v) is 9.65. The fourth-order valence-electron chi connectivity index (χ4n) is 3.64. The Balaban J connectivity index is 0.00000101. The number of rotatable bonds is 4. The molecule has 7 nitrogen and oxygen atoms in total. The van der Waals surface area contributed by atoms with Crippen molar-refractivity contribution in [2.24, 2.45) is 5.41 Å². The van der Waals surface area contributed by atoms with Crippen LogP contribution in [0.5, 0.6) is 0 Å². The monoisotopic (exact) mass is 432 g/mol. The molecule has 0 fully saturated rings. The number of nitrogens with zero attached hydrogens (tertiary/aromatic N) is 1. The molecule has 1 amide bonds. The van der Waals surface area contributed by atoms with E-state index in [1.54, 1.807) is 43.4 Å². The van der Waals surface area contributed by atoms with Crippen LogP contribution in [0.15, 0.2) is 53.4 Å². The van der Waals surface area contributed by atoms with Crippen molar-refractivity contribution in [3.05, 3.63) is 59.7 Å². The highest BCUT2D eigenvalue weighted by atomic mass is 32.2. The molecule has 1 atom stereocenters. The number of carbonyl (C=O) groups is 2. The minimum absolute atomic E-state index is 0.0825. The van der Waals surface area contributed by atoms with Crippen LogP contribution in [0.4, 0.5) is 5.69 Å². The quantitative estimate of drug-likeness (QED) is 0.719. The van der Waals surface area contributed by atoms with Crippen LogP contribution in [0.1, 0.15) is 50.8 Å². The first-order valence-electron chi connectivity index (χ1n) is 9.67. The number of fused-ring (bicyclic) bond motifs is 2. The normalized spacial score (nSPS) is 16.8. The molecule has 0 radical (unpaired) electrons. The summed E-state index contributed by atoms with van der Waals surface area (Å²) >= 11 is 0. The van der Waals surface area contributed by atoms with E-state index < -0.39 is 21.5 Å². The van der Waals surface area contributed by atoms with Gasteiger partial charge in [-0.15, -0.1) is 0 Å². The molecule has 2 N–H and O–H groups in total. The van der Waals surface area contributed by atoms with Crippen LogP contribution in [0.2, 0.25) is 0 Å². The topological polar surface area (TPSA) is 104 Å². The van der Waals surface area contributed by atoms with Gasteiger partial charge in [0.1, 0.15) is 0 Å².